The first kappa shape index (κ1) is 8.49. The van der Waals surface area contributed by atoms with Gasteiger partial charge < -0.3 is 10.6 Å². The van der Waals surface area contributed by atoms with Crippen molar-refractivity contribution in [3.05, 3.63) is 0 Å². The largest absolute Gasteiger partial charge is 0.347 e. The molecule has 0 aromatic heterocycles. The van der Waals surface area contributed by atoms with Gasteiger partial charge in [0.05, 0.1) is 0 Å². The molecular weight excluding hydrogens is 142 g/mol. The summed E-state index contributed by atoms with van der Waals surface area (Å²) < 4.78 is 0. The fraction of sp³-hybridized carbons (Fsp3) is 0.857. The Morgan fingerprint density at radius 3 is 2.82 bits per heavy atom. The maximum atomic E-state index is 9.78. The SMILES string of the molecule is O=[C]NCCN1CCNCC1. The van der Waals surface area contributed by atoms with E-state index in [4.69, 9.17) is 0 Å². The second-order valence-corrected chi connectivity index (χ2v) is 2.62. The Hall–Kier alpha value is -0.610. The summed E-state index contributed by atoms with van der Waals surface area (Å²) in [6.07, 6.45) is 1.66. The van der Waals surface area contributed by atoms with Gasteiger partial charge in [0, 0.05) is 39.3 Å². The van der Waals surface area contributed by atoms with Gasteiger partial charge in [-0.2, -0.15) is 0 Å². The fourth-order valence-corrected chi connectivity index (χ4v) is 1.20. The minimum atomic E-state index is 0.712. The molecule has 4 nitrogen and oxygen atoms in total. The van der Waals surface area contributed by atoms with Gasteiger partial charge in [-0.15, -0.1) is 0 Å². The van der Waals surface area contributed by atoms with Crippen LogP contribution in [0.3, 0.4) is 0 Å². The van der Waals surface area contributed by atoms with Crippen molar-refractivity contribution in [3.63, 3.8) is 0 Å². The third-order valence-corrected chi connectivity index (χ3v) is 1.83. The lowest BCUT2D eigenvalue weighted by atomic mass is 10.3. The predicted octanol–water partition coefficient (Wildman–Crippen LogP) is -1.45. The zero-order chi connectivity index (χ0) is 7.94. The van der Waals surface area contributed by atoms with E-state index in [-0.39, 0.29) is 0 Å². The normalized spacial score (nSPS) is 19.6. The molecule has 1 aliphatic rings. The van der Waals surface area contributed by atoms with Crippen LogP contribution in [0.1, 0.15) is 0 Å². The van der Waals surface area contributed by atoms with Crippen molar-refractivity contribution in [2.24, 2.45) is 0 Å². The van der Waals surface area contributed by atoms with E-state index in [1.54, 1.807) is 6.41 Å². The zero-order valence-electron chi connectivity index (χ0n) is 6.60. The summed E-state index contributed by atoms with van der Waals surface area (Å²) in [4.78, 5) is 12.1. The molecule has 1 rings (SSSR count). The lowest BCUT2D eigenvalue weighted by molar-refractivity contribution is 0.244. The van der Waals surface area contributed by atoms with E-state index in [0.29, 0.717) is 6.54 Å². The molecule has 4 heteroatoms. The highest BCUT2D eigenvalue weighted by Gasteiger charge is 2.07. The summed E-state index contributed by atoms with van der Waals surface area (Å²) in [6, 6.07) is 0. The standard InChI is InChI=1S/C7H14N3O/c11-7-9-3-6-10-4-1-8-2-5-10/h8H,1-6H2,(H,9,11). The van der Waals surface area contributed by atoms with Crippen molar-refractivity contribution < 1.29 is 4.79 Å². The third kappa shape index (κ3) is 3.34. The first-order valence-electron chi connectivity index (χ1n) is 3.96. The van der Waals surface area contributed by atoms with Gasteiger partial charge in [-0.05, 0) is 0 Å². The zero-order valence-corrected chi connectivity index (χ0v) is 6.60. The molecule has 0 saturated carbocycles. The smallest absolute Gasteiger partial charge is 0.309 e. The molecule has 0 aliphatic carbocycles. The molecule has 1 radical (unpaired) electrons. The maximum absolute atomic E-state index is 9.78. The van der Waals surface area contributed by atoms with Gasteiger partial charge in [-0.25, -0.2) is 0 Å². The van der Waals surface area contributed by atoms with Gasteiger partial charge in [0.15, 0.2) is 0 Å². The summed E-state index contributed by atoms with van der Waals surface area (Å²) in [5, 5.41) is 5.79. The van der Waals surface area contributed by atoms with Gasteiger partial charge in [0.25, 0.3) is 0 Å². The molecule has 0 spiro atoms. The molecule has 1 fully saturated rings. The number of carbonyl (C=O) groups excluding carboxylic acids is 1. The average molecular weight is 156 g/mol. The highest BCUT2D eigenvalue weighted by molar-refractivity contribution is 5.46. The number of piperazine rings is 1. The molecule has 0 atom stereocenters. The highest BCUT2D eigenvalue weighted by Crippen LogP contribution is 1.89. The average Bonchev–Trinajstić information content (AvgIpc) is 2.07. The second-order valence-electron chi connectivity index (χ2n) is 2.62. The Bertz CT molecular complexity index is 112. The van der Waals surface area contributed by atoms with E-state index >= 15 is 0 Å². The monoisotopic (exact) mass is 156 g/mol. The molecule has 11 heavy (non-hydrogen) atoms. The molecule has 0 aromatic carbocycles. The van der Waals surface area contributed by atoms with Crippen molar-refractivity contribution in [2.75, 3.05) is 39.3 Å². The van der Waals surface area contributed by atoms with Crippen molar-refractivity contribution in [1.82, 2.24) is 15.5 Å². The van der Waals surface area contributed by atoms with Crippen molar-refractivity contribution in [1.29, 1.82) is 0 Å². The molecule has 1 saturated heterocycles. The molecule has 0 bridgehead atoms. The number of hydrogen-bond acceptors (Lipinski definition) is 3. The molecule has 1 aliphatic heterocycles. The van der Waals surface area contributed by atoms with Crippen molar-refractivity contribution >= 4 is 6.41 Å². The van der Waals surface area contributed by atoms with E-state index in [9.17, 15) is 4.79 Å². The van der Waals surface area contributed by atoms with Crippen LogP contribution in [0.15, 0.2) is 0 Å². The number of amides is 1. The molecule has 1 heterocycles. The van der Waals surface area contributed by atoms with Crippen LogP contribution in [0.2, 0.25) is 0 Å². The van der Waals surface area contributed by atoms with Gasteiger partial charge in [0.1, 0.15) is 0 Å². The number of hydrogen-bond donors (Lipinski definition) is 2. The fourth-order valence-electron chi connectivity index (χ4n) is 1.20. The van der Waals surface area contributed by atoms with Gasteiger partial charge in [-0.1, -0.05) is 0 Å². The highest BCUT2D eigenvalue weighted by atomic mass is 16.1. The number of rotatable bonds is 4. The quantitative estimate of drug-likeness (QED) is 0.386. The minimum Gasteiger partial charge on any atom is -0.347 e. The van der Waals surface area contributed by atoms with Crippen LogP contribution in [-0.4, -0.2) is 50.6 Å². The Morgan fingerprint density at radius 2 is 2.18 bits per heavy atom. The van der Waals surface area contributed by atoms with Crippen LogP contribution in [0.4, 0.5) is 0 Å². The summed E-state index contributed by atoms with van der Waals surface area (Å²) in [5.74, 6) is 0. The van der Waals surface area contributed by atoms with Crippen LogP contribution in [0.5, 0.6) is 0 Å². The lowest BCUT2D eigenvalue weighted by Crippen LogP contribution is -2.45. The molecule has 2 N–H and O–H groups in total. The van der Waals surface area contributed by atoms with Crippen LogP contribution >= 0.6 is 0 Å². The first-order valence-corrected chi connectivity index (χ1v) is 3.96. The van der Waals surface area contributed by atoms with Crippen molar-refractivity contribution in [2.45, 2.75) is 0 Å². The van der Waals surface area contributed by atoms with E-state index < -0.39 is 0 Å². The van der Waals surface area contributed by atoms with E-state index in [1.165, 1.54) is 0 Å². The Balaban J connectivity index is 2.00. The minimum absolute atomic E-state index is 0.712. The number of nitrogens with one attached hydrogen (secondary N) is 2. The molecular formula is C7H14N3O. The van der Waals surface area contributed by atoms with Crippen LogP contribution in [0, 0.1) is 0 Å². The first-order chi connectivity index (χ1) is 5.43. The Labute approximate surface area is 66.9 Å². The maximum Gasteiger partial charge on any atom is 0.309 e. The van der Waals surface area contributed by atoms with E-state index in [2.05, 4.69) is 15.5 Å². The van der Waals surface area contributed by atoms with Gasteiger partial charge in [-0.3, -0.25) is 9.69 Å². The predicted molar refractivity (Wildman–Crippen MR) is 43.0 cm³/mol. The summed E-state index contributed by atoms with van der Waals surface area (Å²) >= 11 is 0. The number of nitrogens with zero attached hydrogens (tertiary/aromatic N) is 1. The molecule has 1 amide bonds. The summed E-state index contributed by atoms with van der Waals surface area (Å²) in [6.45, 7) is 5.94. The molecule has 0 aromatic rings. The van der Waals surface area contributed by atoms with Crippen LogP contribution in [-0.2, 0) is 4.79 Å². The van der Waals surface area contributed by atoms with Gasteiger partial charge >= 0.3 is 6.41 Å². The second kappa shape index (κ2) is 5.09. The Morgan fingerprint density at radius 1 is 1.45 bits per heavy atom. The molecule has 63 valence electrons. The van der Waals surface area contributed by atoms with E-state index in [0.717, 1.165) is 32.7 Å². The topological polar surface area (TPSA) is 44.4 Å². The van der Waals surface area contributed by atoms with E-state index in [1.807, 2.05) is 0 Å². The van der Waals surface area contributed by atoms with Crippen LogP contribution in [0.25, 0.3) is 0 Å². The summed E-state index contributed by atoms with van der Waals surface area (Å²) in [5.41, 5.74) is 0. The third-order valence-electron chi connectivity index (χ3n) is 1.83. The van der Waals surface area contributed by atoms with Crippen molar-refractivity contribution in [3.8, 4) is 0 Å². The van der Waals surface area contributed by atoms with Gasteiger partial charge in [0.2, 0.25) is 0 Å². The lowest BCUT2D eigenvalue weighted by Gasteiger charge is -2.26. The van der Waals surface area contributed by atoms with Crippen LogP contribution < -0.4 is 10.6 Å². The summed E-state index contributed by atoms with van der Waals surface area (Å²) in [7, 11) is 0. The molecule has 0 unspecified atom stereocenters. The Kier molecular flexibility index (Phi) is 3.93.